The zero-order valence-electron chi connectivity index (χ0n) is 7.73. The second kappa shape index (κ2) is 3.56. The standard InChI is InChI=1S/C9H12NO2P/c1-5-8-7-13(11,12-4)10(3)9(8)6-2/h1-2,8-9H,7H2,3-4H3. The highest BCUT2D eigenvalue weighted by Gasteiger charge is 2.45. The van der Waals surface area contributed by atoms with Crippen LogP contribution in [0.4, 0.5) is 0 Å². The maximum atomic E-state index is 12.0. The van der Waals surface area contributed by atoms with Gasteiger partial charge in [0.25, 0.3) is 7.52 Å². The lowest BCUT2D eigenvalue weighted by Gasteiger charge is -2.20. The predicted octanol–water partition coefficient (Wildman–Crippen LogP) is 1.02. The molecule has 1 aliphatic heterocycles. The van der Waals surface area contributed by atoms with Gasteiger partial charge in [-0.1, -0.05) is 5.92 Å². The number of rotatable bonds is 1. The lowest BCUT2D eigenvalue weighted by atomic mass is 10.0. The van der Waals surface area contributed by atoms with Crippen molar-refractivity contribution in [1.82, 2.24) is 4.67 Å². The van der Waals surface area contributed by atoms with E-state index in [2.05, 4.69) is 11.8 Å². The van der Waals surface area contributed by atoms with Crippen LogP contribution < -0.4 is 0 Å². The summed E-state index contributed by atoms with van der Waals surface area (Å²) in [5.41, 5.74) is 0. The summed E-state index contributed by atoms with van der Waals surface area (Å²) in [7, 11) is 0.368. The lowest BCUT2D eigenvalue weighted by Crippen LogP contribution is -2.25. The van der Waals surface area contributed by atoms with E-state index < -0.39 is 7.52 Å². The van der Waals surface area contributed by atoms with E-state index >= 15 is 0 Å². The maximum Gasteiger partial charge on any atom is 0.274 e. The molecule has 0 N–H and O–H groups in total. The van der Waals surface area contributed by atoms with Crippen molar-refractivity contribution in [3.05, 3.63) is 0 Å². The molecule has 4 heteroatoms. The molecule has 0 radical (unpaired) electrons. The summed E-state index contributed by atoms with van der Waals surface area (Å²) in [6, 6.07) is -0.268. The van der Waals surface area contributed by atoms with Gasteiger partial charge in [0, 0.05) is 7.11 Å². The van der Waals surface area contributed by atoms with Gasteiger partial charge in [-0.25, -0.2) is 4.67 Å². The van der Waals surface area contributed by atoms with Gasteiger partial charge in [-0.3, -0.25) is 4.57 Å². The molecule has 70 valence electrons. The first-order chi connectivity index (χ1) is 6.09. The fourth-order valence-electron chi connectivity index (χ4n) is 1.50. The minimum atomic E-state index is -2.74. The Hall–Kier alpha value is -0.730. The minimum Gasteiger partial charge on any atom is -0.321 e. The molecule has 1 aliphatic rings. The van der Waals surface area contributed by atoms with Crippen LogP contribution in [0.1, 0.15) is 0 Å². The molecule has 0 aromatic rings. The zero-order chi connectivity index (χ0) is 10.1. The average Bonchev–Trinajstić information content (AvgIpc) is 2.40. The Bertz CT molecular complexity index is 325. The largest absolute Gasteiger partial charge is 0.321 e. The molecule has 0 aromatic carbocycles. The molecule has 3 atom stereocenters. The Morgan fingerprint density at radius 1 is 1.54 bits per heavy atom. The maximum absolute atomic E-state index is 12.0. The van der Waals surface area contributed by atoms with Crippen molar-refractivity contribution in [3.63, 3.8) is 0 Å². The lowest BCUT2D eigenvalue weighted by molar-refractivity contribution is 0.333. The Morgan fingerprint density at radius 3 is 2.46 bits per heavy atom. The van der Waals surface area contributed by atoms with E-state index in [0.29, 0.717) is 6.16 Å². The van der Waals surface area contributed by atoms with Crippen LogP contribution in [0.3, 0.4) is 0 Å². The summed E-state index contributed by atoms with van der Waals surface area (Å²) in [6.07, 6.45) is 10.9. The summed E-state index contributed by atoms with van der Waals surface area (Å²) < 4.78 is 18.5. The fourth-order valence-corrected chi connectivity index (χ4v) is 3.57. The highest BCUT2D eigenvalue weighted by atomic mass is 31.2. The monoisotopic (exact) mass is 197 g/mol. The molecule has 0 aromatic heterocycles. The van der Waals surface area contributed by atoms with Crippen molar-refractivity contribution in [1.29, 1.82) is 0 Å². The van der Waals surface area contributed by atoms with E-state index in [-0.39, 0.29) is 12.0 Å². The van der Waals surface area contributed by atoms with Crippen molar-refractivity contribution in [3.8, 4) is 24.7 Å². The van der Waals surface area contributed by atoms with Crippen LogP contribution >= 0.6 is 7.52 Å². The molecular weight excluding hydrogens is 185 g/mol. The highest BCUT2D eigenvalue weighted by Crippen LogP contribution is 2.57. The second-order valence-corrected chi connectivity index (χ2v) is 5.60. The number of hydrogen-bond donors (Lipinski definition) is 0. The zero-order valence-corrected chi connectivity index (χ0v) is 8.62. The van der Waals surface area contributed by atoms with Crippen LogP contribution in [0.5, 0.6) is 0 Å². The van der Waals surface area contributed by atoms with Crippen LogP contribution in [-0.2, 0) is 9.09 Å². The summed E-state index contributed by atoms with van der Waals surface area (Å²) >= 11 is 0. The van der Waals surface area contributed by atoms with Crippen molar-refractivity contribution in [2.75, 3.05) is 20.3 Å². The molecule has 3 nitrogen and oxygen atoms in total. The average molecular weight is 197 g/mol. The Balaban J connectivity index is 3.00. The van der Waals surface area contributed by atoms with E-state index in [1.807, 2.05) is 0 Å². The first-order valence-corrected chi connectivity index (χ1v) is 5.65. The third-order valence-electron chi connectivity index (χ3n) is 2.36. The quantitative estimate of drug-likeness (QED) is 0.464. The van der Waals surface area contributed by atoms with Crippen LogP contribution in [0.25, 0.3) is 0 Å². The van der Waals surface area contributed by atoms with E-state index in [9.17, 15) is 4.57 Å². The minimum absolute atomic E-state index is 0.166. The van der Waals surface area contributed by atoms with Gasteiger partial charge >= 0.3 is 0 Å². The smallest absolute Gasteiger partial charge is 0.274 e. The number of nitrogens with zero attached hydrogens (tertiary/aromatic N) is 1. The first kappa shape index (κ1) is 10.4. The predicted molar refractivity (Wildman–Crippen MR) is 52.2 cm³/mol. The Morgan fingerprint density at radius 2 is 2.15 bits per heavy atom. The molecule has 1 saturated heterocycles. The van der Waals surface area contributed by atoms with E-state index in [1.165, 1.54) is 7.11 Å². The Labute approximate surface area is 79.0 Å². The third kappa shape index (κ3) is 1.52. The molecule has 0 spiro atoms. The van der Waals surface area contributed by atoms with Gasteiger partial charge in [0.2, 0.25) is 0 Å². The topological polar surface area (TPSA) is 29.5 Å². The van der Waals surface area contributed by atoms with E-state index in [1.54, 1.807) is 11.7 Å². The highest BCUT2D eigenvalue weighted by molar-refractivity contribution is 7.56. The van der Waals surface area contributed by atoms with Crippen LogP contribution in [0, 0.1) is 30.6 Å². The van der Waals surface area contributed by atoms with Gasteiger partial charge in [-0.2, -0.15) is 0 Å². The van der Waals surface area contributed by atoms with Crippen LogP contribution in [0.2, 0.25) is 0 Å². The van der Waals surface area contributed by atoms with Crippen molar-refractivity contribution >= 4 is 7.52 Å². The number of hydrogen-bond acceptors (Lipinski definition) is 2. The summed E-state index contributed by atoms with van der Waals surface area (Å²) in [6.45, 7) is 0. The van der Waals surface area contributed by atoms with Gasteiger partial charge in [-0.15, -0.1) is 18.8 Å². The van der Waals surface area contributed by atoms with Crippen molar-refractivity contribution < 1.29 is 9.09 Å². The third-order valence-corrected chi connectivity index (χ3v) is 5.00. The van der Waals surface area contributed by atoms with E-state index in [4.69, 9.17) is 17.4 Å². The van der Waals surface area contributed by atoms with Crippen molar-refractivity contribution in [2.24, 2.45) is 5.92 Å². The Kier molecular flexibility index (Phi) is 2.84. The molecule has 13 heavy (non-hydrogen) atoms. The van der Waals surface area contributed by atoms with Gasteiger partial charge in [0.1, 0.15) is 0 Å². The normalized spacial score (nSPS) is 39.7. The summed E-state index contributed by atoms with van der Waals surface area (Å²) in [4.78, 5) is 0. The van der Waals surface area contributed by atoms with Crippen molar-refractivity contribution in [2.45, 2.75) is 6.04 Å². The van der Waals surface area contributed by atoms with Gasteiger partial charge in [0.05, 0.1) is 18.1 Å². The van der Waals surface area contributed by atoms with Gasteiger partial charge in [0.15, 0.2) is 0 Å². The summed E-state index contributed by atoms with van der Waals surface area (Å²) in [5.74, 6) is 4.92. The second-order valence-electron chi connectivity index (χ2n) is 2.96. The van der Waals surface area contributed by atoms with Crippen LogP contribution in [-0.4, -0.2) is 31.0 Å². The molecule has 0 amide bonds. The molecule has 1 fully saturated rings. The fraction of sp³-hybridized carbons (Fsp3) is 0.556. The molecular formula is C9H12NO2P. The van der Waals surface area contributed by atoms with E-state index in [0.717, 1.165) is 0 Å². The SMILES string of the molecule is C#CC1CP(=O)(OC)N(C)C1C#C. The van der Waals surface area contributed by atoms with Gasteiger partial charge in [-0.05, 0) is 7.05 Å². The molecule has 0 bridgehead atoms. The molecule has 0 saturated carbocycles. The molecule has 0 aliphatic carbocycles. The molecule has 1 rings (SSSR count). The number of terminal acetylenes is 2. The summed E-state index contributed by atoms with van der Waals surface area (Å²) in [5, 5.41) is 0. The molecule has 3 unspecified atom stereocenters. The van der Waals surface area contributed by atoms with Gasteiger partial charge < -0.3 is 4.52 Å². The van der Waals surface area contributed by atoms with Crippen LogP contribution in [0.15, 0.2) is 0 Å². The first-order valence-electron chi connectivity index (χ1n) is 3.89. The molecule has 1 heterocycles.